The summed E-state index contributed by atoms with van der Waals surface area (Å²) < 4.78 is 0. The van der Waals surface area contributed by atoms with E-state index >= 15 is 0 Å². The highest BCUT2D eigenvalue weighted by Crippen LogP contribution is 2.40. The fourth-order valence-electron chi connectivity index (χ4n) is 5.05. The van der Waals surface area contributed by atoms with Crippen molar-refractivity contribution in [1.82, 2.24) is 14.9 Å². The number of aryl methyl sites for hydroxylation is 2. The van der Waals surface area contributed by atoms with E-state index in [0.29, 0.717) is 26.2 Å². The van der Waals surface area contributed by atoms with E-state index in [1.54, 1.807) is 11.0 Å². The summed E-state index contributed by atoms with van der Waals surface area (Å²) in [7, 11) is 0. The van der Waals surface area contributed by atoms with Crippen LogP contribution in [0.4, 0.5) is 11.5 Å². The summed E-state index contributed by atoms with van der Waals surface area (Å²) in [4.78, 5) is 40.5. The van der Waals surface area contributed by atoms with Crippen molar-refractivity contribution in [3.05, 3.63) is 55.2 Å². The van der Waals surface area contributed by atoms with E-state index < -0.39 is 4.92 Å². The molecule has 1 fully saturated rings. The predicted molar refractivity (Wildman–Crippen MR) is 144 cm³/mol. The van der Waals surface area contributed by atoms with Crippen molar-refractivity contribution in [2.75, 3.05) is 31.1 Å². The highest BCUT2D eigenvalue weighted by Gasteiger charge is 2.29. The fraction of sp³-hybridized carbons (Fsp3) is 0.500. The van der Waals surface area contributed by atoms with Gasteiger partial charge in [-0.2, -0.15) is 0 Å². The lowest BCUT2D eigenvalue weighted by Gasteiger charge is -2.36. The number of nitro groups is 1. The number of hydrogen-bond acceptors (Lipinski definition) is 7. The Morgan fingerprint density at radius 3 is 2.64 bits per heavy atom. The number of amides is 1. The molecule has 0 N–H and O–H groups in total. The van der Waals surface area contributed by atoms with E-state index in [-0.39, 0.29) is 28.1 Å². The van der Waals surface area contributed by atoms with Crippen molar-refractivity contribution in [2.24, 2.45) is 0 Å². The summed E-state index contributed by atoms with van der Waals surface area (Å²) >= 11 is 7.76. The third kappa shape index (κ3) is 4.66. The minimum atomic E-state index is -0.559. The number of fused-ring (bicyclic) bond motifs is 3. The summed E-state index contributed by atoms with van der Waals surface area (Å²) in [6, 6.07) is 4.24. The van der Waals surface area contributed by atoms with Crippen LogP contribution in [0.5, 0.6) is 0 Å². The van der Waals surface area contributed by atoms with Gasteiger partial charge in [0.15, 0.2) is 0 Å². The Hall–Kier alpha value is -2.78. The van der Waals surface area contributed by atoms with E-state index in [1.165, 1.54) is 47.2 Å². The fourth-order valence-corrected chi connectivity index (χ4v) is 6.50. The number of halogens is 1. The number of rotatable bonds is 5. The molecule has 10 heteroatoms. The Labute approximate surface area is 219 Å². The zero-order valence-electron chi connectivity index (χ0n) is 20.6. The highest BCUT2D eigenvalue weighted by molar-refractivity contribution is 7.19. The molecular weight excluding hydrogens is 498 g/mol. The van der Waals surface area contributed by atoms with Gasteiger partial charge in [-0.25, -0.2) is 9.97 Å². The molecule has 1 aliphatic carbocycles. The number of nitro benzene ring substituents is 1. The molecule has 0 spiro atoms. The van der Waals surface area contributed by atoms with E-state index in [0.717, 1.165) is 35.7 Å². The minimum absolute atomic E-state index is 0.0288. The molecule has 2 aromatic heterocycles. The molecule has 1 atom stereocenters. The zero-order valence-corrected chi connectivity index (χ0v) is 22.2. The van der Waals surface area contributed by atoms with Gasteiger partial charge in [-0.1, -0.05) is 31.9 Å². The van der Waals surface area contributed by atoms with Gasteiger partial charge in [0.25, 0.3) is 11.6 Å². The van der Waals surface area contributed by atoms with Crippen LogP contribution in [0.2, 0.25) is 5.02 Å². The Kier molecular flexibility index (Phi) is 7.12. The number of piperazine rings is 1. The Balaban J connectivity index is 1.43. The summed E-state index contributed by atoms with van der Waals surface area (Å²) in [5, 5.41) is 12.5. The number of anilines is 1. The van der Waals surface area contributed by atoms with Crippen molar-refractivity contribution in [1.29, 1.82) is 0 Å². The number of thiophene rings is 1. The van der Waals surface area contributed by atoms with Gasteiger partial charge in [0.05, 0.1) is 10.3 Å². The SMILES string of the molecule is CCC(C)c1nc(N2CCN(C(=O)c3ccc(Cl)c([N+](=O)[O-])c3)CC2)c2c3c(sc2n1)CCCCC3. The quantitative estimate of drug-likeness (QED) is 0.229. The molecule has 0 radical (unpaired) electrons. The van der Waals surface area contributed by atoms with Crippen molar-refractivity contribution in [2.45, 2.75) is 58.3 Å². The van der Waals surface area contributed by atoms with E-state index in [1.807, 2.05) is 11.3 Å². The zero-order chi connectivity index (χ0) is 25.4. The van der Waals surface area contributed by atoms with Crippen LogP contribution in [0.1, 0.15) is 72.1 Å². The van der Waals surface area contributed by atoms with E-state index in [9.17, 15) is 14.9 Å². The van der Waals surface area contributed by atoms with Crippen LogP contribution in [-0.2, 0) is 12.8 Å². The van der Waals surface area contributed by atoms with Crippen molar-refractivity contribution >= 4 is 50.6 Å². The van der Waals surface area contributed by atoms with Crippen LogP contribution in [-0.4, -0.2) is 51.9 Å². The summed E-state index contributed by atoms with van der Waals surface area (Å²) in [5.74, 6) is 1.96. The average molecular weight is 528 g/mol. The highest BCUT2D eigenvalue weighted by atomic mass is 35.5. The summed E-state index contributed by atoms with van der Waals surface area (Å²) in [6.07, 6.45) is 6.84. The molecule has 1 unspecified atom stereocenters. The molecule has 1 amide bonds. The molecule has 36 heavy (non-hydrogen) atoms. The van der Waals surface area contributed by atoms with Crippen LogP contribution in [0.15, 0.2) is 18.2 Å². The number of nitrogens with zero attached hydrogens (tertiary/aromatic N) is 5. The lowest BCUT2D eigenvalue weighted by molar-refractivity contribution is -0.384. The Morgan fingerprint density at radius 1 is 1.17 bits per heavy atom. The monoisotopic (exact) mass is 527 g/mol. The number of benzene rings is 1. The standard InChI is InChI=1S/C26H30ClN5O3S/c1-3-16(2)23-28-24(22-18-7-5-4-6-8-21(18)36-25(22)29-23)30-11-13-31(14-12-30)26(33)17-9-10-19(27)20(15-17)32(34)35/h9-10,15-16H,3-8,11-14H2,1-2H3. The van der Waals surface area contributed by atoms with Crippen LogP contribution in [0, 0.1) is 10.1 Å². The third-order valence-electron chi connectivity index (χ3n) is 7.37. The average Bonchev–Trinajstić information content (AvgIpc) is 3.08. The molecule has 0 saturated carbocycles. The molecular formula is C26H30ClN5O3S. The maximum absolute atomic E-state index is 13.1. The first kappa shape index (κ1) is 24.9. The molecule has 3 heterocycles. The van der Waals surface area contributed by atoms with Gasteiger partial charge in [-0.3, -0.25) is 14.9 Å². The molecule has 8 nitrogen and oxygen atoms in total. The van der Waals surface area contributed by atoms with Crippen LogP contribution >= 0.6 is 22.9 Å². The van der Waals surface area contributed by atoms with Gasteiger partial charge in [0.2, 0.25) is 0 Å². The minimum Gasteiger partial charge on any atom is -0.352 e. The van der Waals surface area contributed by atoms with Gasteiger partial charge >= 0.3 is 0 Å². The summed E-state index contributed by atoms with van der Waals surface area (Å²) in [5.41, 5.74) is 1.46. The molecule has 1 aliphatic heterocycles. The van der Waals surface area contributed by atoms with Gasteiger partial charge in [-0.05, 0) is 49.8 Å². The number of carbonyl (C=O) groups is 1. The number of hydrogen-bond donors (Lipinski definition) is 0. The molecule has 3 aromatic rings. The van der Waals surface area contributed by atoms with Gasteiger partial charge < -0.3 is 9.80 Å². The van der Waals surface area contributed by atoms with Gasteiger partial charge in [0.1, 0.15) is 21.5 Å². The molecule has 0 bridgehead atoms. The van der Waals surface area contributed by atoms with E-state index in [2.05, 4.69) is 18.7 Å². The van der Waals surface area contributed by atoms with Crippen molar-refractivity contribution < 1.29 is 9.72 Å². The maximum atomic E-state index is 13.1. The van der Waals surface area contributed by atoms with E-state index in [4.69, 9.17) is 21.6 Å². The lowest BCUT2D eigenvalue weighted by atomic mass is 10.1. The maximum Gasteiger partial charge on any atom is 0.288 e. The lowest BCUT2D eigenvalue weighted by Crippen LogP contribution is -2.49. The largest absolute Gasteiger partial charge is 0.352 e. The normalized spacial score (nSPS) is 17.1. The number of carbonyl (C=O) groups excluding carboxylic acids is 1. The smallest absolute Gasteiger partial charge is 0.288 e. The van der Waals surface area contributed by atoms with Crippen LogP contribution in [0.3, 0.4) is 0 Å². The first-order valence-electron chi connectivity index (χ1n) is 12.7. The number of aromatic nitrogens is 2. The first-order valence-corrected chi connectivity index (χ1v) is 13.9. The molecule has 190 valence electrons. The van der Waals surface area contributed by atoms with Gasteiger partial charge in [0, 0.05) is 48.6 Å². The van der Waals surface area contributed by atoms with Gasteiger partial charge in [-0.15, -0.1) is 11.3 Å². The summed E-state index contributed by atoms with van der Waals surface area (Å²) in [6.45, 7) is 6.67. The predicted octanol–water partition coefficient (Wildman–Crippen LogP) is 6.00. The second-order valence-electron chi connectivity index (χ2n) is 9.66. The van der Waals surface area contributed by atoms with Crippen molar-refractivity contribution in [3.8, 4) is 0 Å². The second-order valence-corrected chi connectivity index (χ2v) is 11.2. The molecule has 5 rings (SSSR count). The second kappa shape index (κ2) is 10.3. The Morgan fingerprint density at radius 2 is 1.92 bits per heavy atom. The topological polar surface area (TPSA) is 92.5 Å². The molecule has 1 saturated heterocycles. The molecule has 2 aliphatic rings. The first-order chi connectivity index (χ1) is 17.4. The third-order valence-corrected chi connectivity index (χ3v) is 8.88. The van der Waals surface area contributed by atoms with Crippen LogP contribution in [0.25, 0.3) is 10.2 Å². The van der Waals surface area contributed by atoms with Crippen LogP contribution < -0.4 is 4.90 Å². The Bertz CT molecular complexity index is 1320. The van der Waals surface area contributed by atoms with Crippen molar-refractivity contribution in [3.63, 3.8) is 0 Å². The molecule has 1 aromatic carbocycles.